The largest absolute Gasteiger partial charge is 0.329 e. The molecule has 1 aromatic heterocycles. The summed E-state index contributed by atoms with van der Waals surface area (Å²) in [5, 5.41) is 0. The minimum absolute atomic E-state index is 0.415. The van der Waals surface area contributed by atoms with Crippen LogP contribution in [0.1, 0.15) is 30.2 Å². The standard InChI is InChI=1S/C12H16Br2N2S/c13-9-4-11(17-12(9)14)10(5-15)16-6-7-1-2-8(16)3-7/h4,7-8,10H,1-3,5-6,15H2. The topological polar surface area (TPSA) is 29.3 Å². The first kappa shape index (κ1) is 12.6. The van der Waals surface area contributed by atoms with Crippen LogP contribution in [0.2, 0.25) is 0 Å². The summed E-state index contributed by atoms with van der Waals surface area (Å²) >= 11 is 8.95. The van der Waals surface area contributed by atoms with Gasteiger partial charge in [0, 0.05) is 28.5 Å². The van der Waals surface area contributed by atoms with Crippen LogP contribution >= 0.6 is 43.2 Å². The van der Waals surface area contributed by atoms with Crippen molar-refractivity contribution in [2.45, 2.75) is 31.3 Å². The van der Waals surface area contributed by atoms with E-state index < -0.39 is 0 Å². The predicted octanol–water partition coefficient (Wildman–Crippen LogP) is 3.76. The summed E-state index contributed by atoms with van der Waals surface area (Å²) in [7, 11) is 0. The third-order valence-electron chi connectivity index (χ3n) is 4.07. The van der Waals surface area contributed by atoms with E-state index in [-0.39, 0.29) is 0 Å². The zero-order chi connectivity index (χ0) is 12.0. The van der Waals surface area contributed by atoms with Gasteiger partial charge in [-0.05, 0) is 63.1 Å². The minimum Gasteiger partial charge on any atom is -0.329 e. The third-order valence-corrected chi connectivity index (χ3v) is 7.43. The van der Waals surface area contributed by atoms with E-state index in [4.69, 9.17) is 5.73 Å². The SMILES string of the molecule is NCC(c1cc(Br)c(Br)s1)N1CC2CCC1C2. The zero-order valence-corrected chi connectivity index (χ0v) is 13.5. The molecule has 2 fully saturated rings. The van der Waals surface area contributed by atoms with E-state index in [9.17, 15) is 0 Å². The summed E-state index contributed by atoms with van der Waals surface area (Å²) in [5.74, 6) is 0.931. The quantitative estimate of drug-likeness (QED) is 0.866. The first-order chi connectivity index (χ1) is 8.19. The molecule has 3 atom stereocenters. The fourth-order valence-electron chi connectivity index (χ4n) is 3.29. The highest BCUT2D eigenvalue weighted by Gasteiger charge is 2.41. The minimum atomic E-state index is 0.415. The van der Waals surface area contributed by atoms with Gasteiger partial charge in [0.05, 0.1) is 9.83 Å². The second-order valence-electron chi connectivity index (χ2n) is 5.05. The number of hydrogen-bond acceptors (Lipinski definition) is 3. The molecular weight excluding hydrogens is 364 g/mol. The Morgan fingerprint density at radius 2 is 2.29 bits per heavy atom. The monoisotopic (exact) mass is 378 g/mol. The number of fused-ring (bicyclic) bond motifs is 2. The van der Waals surface area contributed by atoms with Crippen molar-refractivity contribution in [3.05, 3.63) is 19.2 Å². The maximum Gasteiger partial charge on any atom is 0.0843 e. The van der Waals surface area contributed by atoms with Gasteiger partial charge in [0.15, 0.2) is 0 Å². The molecule has 2 heterocycles. The van der Waals surface area contributed by atoms with Crippen LogP contribution in [0.15, 0.2) is 14.3 Å². The molecule has 0 radical (unpaired) electrons. The molecule has 0 spiro atoms. The van der Waals surface area contributed by atoms with Crippen LogP contribution in [0.25, 0.3) is 0 Å². The van der Waals surface area contributed by atoms with Crippen LogP contribution in [-0.4, -0.2) is 24.0 Å². The fraction of sp³-hybridized carbons (Fsp3) is 0.667. The second-order valence-corrected chi connectivity index (χ2v) is 8.31. The molecule has 1 aliphatic heterocycles. The maximum atomic E-state index is 6.01. The van der Waals surface area contributed by atoms with Crippen LogP contribution in [0, 0.1) is 5.92 Å². The molecule has 1 aliphatic carbocycles. The average molecular weight is 380 g/mol. The fourth-order valence-corrected chi connectivity index (χ4v) is 5.51. The molecule has 1 saturated carbocycles. The van der Waals surface area contributed by atoms with Crippen LogP contribution in [0.5, 0.6) is 0 Å². The highest BCUT2D eigenvalue weighted by Crippen LogP contribution is 2.44. The van der Waals surface area contributed by atoms with Crippen molar-refractivity contribution in [3.63, 3.8) is 0 Å². The second kappa shape index (κ2) is 4.93. The molecule has 5 heteroatoms. The number of nitrogens with two attached hydrogens (primary N) is 1. The summed E-state index contributed by atoms with van der Waals surface area (Å²) in [6.07, 6.45) is 4.19. The number of likely N-dealkylation sites (tertiary alicyclic amines) is 1. The van der Waals surface area contributed by atoms with Gasteiger partial charge in [-0.3, -0.25) is 4.90 Å². The molecule has 2 bridgehead atoms. The Bertz CT molecular complexity index is 401. The van der Waals surface area contributed by atoms with Gasteiger partial charge in [-0.25, -0.2) is 0 Å². The van der Waals surface area contributed by atoms with Gasteiger partial charge in [-0.2, -0.15) is 0 Å². The molecule has 1 aromatic rings. The summed E-state index contributed by atoms with van der Waals surface area (Å²) in [6, 6.07) is 3.42. The lowest BCUT2D eigenvalue weighted by atomic mass is 10.1. The predicted molar refractivity (Wildman–Crippen MR) is 79.3 cm³/mol. The molecule has 3 unspecified atom stereocenters. The summed E-state index contributed by atoms with van der Waals surface area (Å²) in [6.45, 7) is 1.97. The van der Waals surface area contributed by atoms with Crippen molar-refractivity contribution < 1.29 is 0 Å². The molecule has 0 aromatic carbocycles. The molecule has 2 N–H and O–H groups in total. The van der Waals surface area contributed by atoms with Crippen LogP contribution in [0.4, 0.5) is 0 Å². The average Bonchev–Trinajstić information content (AvgIpc) is 2.98. The first-order valence-electron chi connectivity index (χ1n) is 6.09. The number of thiophene rings is 1. The molecule has 3 rings (SSSR count). The van der Waals surface area contributed by atoms with Gasteiger partial charge in [-0.1, -0.05) is 0 Å². The third kappa shape index (κ3) is 2.25. The number of nitrogens with zero attached hydrogens (tertiary/aromatic N) is 1. The highest BCUT2D eigenvalue weighted by atomic mass is 79.9. The number of rotatable bonds is 3. The summed E-state index contributed by atoms with van der Waals surface area (Å²) in [4.78, 5) is 4.03. The van der Waals surface area contributed by atoms with Crippen molar-refractivity contribution >= 4 is 43.2 Å². The van der Waals surface area contributed by atoms with Crippen LogP contribution in [0.3, 0.4) is 0 Å². The lowest BCUT2D eigenvalue weighted by Crippen LogP contribution is -2.38. The summed E-state index contributed by atoms with van der Waals surface area (Å²) in [5.41, 5.74) is 6.01. The van der Waals surface area contributed by atoms with Crippen molar-refractivity contribution in [2.75, 3.05) is 13.1 Å². The van der Waals surface area contributed by atoms with Gasteiger partial charge in [0.1, 0.15) is 0 Å². The smallest absolute Gasteiger partial charge is 0.0843 e. The molecule has 1 saturated heterocycles. The lowest BCUT2D eigenvalue weighted by Gasteiger charge is -2.33. The van der Waals surface area contributed by atoms with Crippen LogP contribution < -0.4 is 5.73 Å². The van der Waals surface area contributed by atoms with E-state index in [0.29, 0.717) is 6.04 Å². The Morgan fingerprint density at radius 1 is 1.47 bits per heavy atom. The van der Waals surface area contributed by atoms with Gasteiger partial charge >= 0.3 is 0 Å². The Hall–Kier alpha value is 0.580. The lowest BCUT2D eigenvalue weighted by molar-refractivity contribution is 0.155. The Morgan fingerprint density at radius 3 is 2.76 bits per heavy atom. The van der Waals surface area contributed by atoms with Gasteiger partial charge in [0.25, 0.3) is 0 Å². The Balaban J connectivity index is 1.84. The molecule has 0 amide bonds. The van der Waals surface area contributed by atoms with E-state index in [1.165, 1.54) is 34.5 Å². The number of piperidine rings is 1. The molecule has 17 heavy (non-hydrogen) atoms. The van der Waals surface area contributed by atoms with Crippen molar-refractivity contribution in [1.29, 1.82) is 0 Å². The highest BCUT2D eigenvalue weighted by molar-refractivity contribution is 9.13. The van der Waals surface area contributed by atoms with E-state index >= 15 is 0 Å². The van der Waals surface area contributed by atoms with Crippen molar-refractivity contribution in [3.8, 4) is 0 Å². The van der Waals surface area contributed by atoms with Gasteiger partial charge < -0.3 is 5.73 Å². The molecule has 2 nitrogen and oxygen atoms in total. The zero-order valence-electron chi connectivity index (χ0n) is 9.53. The molecule has 94 valence electrons. The van der Waals surface area contributed by atoms with Crippen LogP contribution in [-0.2, 0) is 0 Å². The van der Waals surface area contributed by atoms with Gasteiger partial charge in [0.2, 0.25) is 0 Å². The first-order valence-corrected chi connectivity index (χ1v) is 8.50. The number of hydrogen-bond donors (Lipinski definition) is 1. The maximum absolute atomic E-state index is 6.01. The van der Waals surface area contributed by atoms with Crippen molar-refractivity contribution in [2.24, 2.45) is 11.7 Å². The van der Waals surface area contributed by atoms with Gasteiger partial charge in [-0.15, -0.1) is 11.3 Å². The van der Waals surface area contributed by atoms with E-state index in [1.54, 1.807) is 0 Å². The van der Waals surface area contributed by atoms with E-state index in [2.05, 4.69) is 42.8 Å². The Kier molecular flexibility index (Phi) is 3.65. The Labute approximate surface area is 123 Å². The van der Waals surface area contributed by atoms with E-state index in [1.807, 2.05) is 11.3 Å². The molecular formula is C12H16Br2N2S. The molecule has 2 aliphatic rings. The number of halogens is 2. The normalized spacial score (nSPS) is 30.1. The van der Waals surface area contributed by atoms with Crippen molar-refractivity contribution in [1.82, 2.24) is 4.90 Å². The summed E-state index contributed by atoms with van der Waals surface area (Å²) < 4.78 is 2.33. The van der Waals surface area contributed by atoms with E-state index in [0.717, 1.165) is 23.0 Å².